The van der Waals surface area contributed by atoms with Gasteiger partial charge in [0.15, 0.2) is 0 Å². The fourth-order valence-electron chi connectivity index (χ4n) is 2.30. The molecule has 2 unspecified atom stereocenters. The Bertz CT molecular complexity index is 473. The van der Waals surface area contributed by atoms with Crippen molar-refractivity contribution in [1.29, 1.82) is 0 Å². The van der Waals surface area contributed by atoms with Crippen molar-refractivity contribution in [1.82, 2.24) is 5.32 Å². The second-order valence-corrected chi connectivity index (χ2v) is 4.58. The topological polar surface area (TPSA) is 98.2 Å². The third-order valence-corrected chi connectivity index (χ3v) is 3.21. The highest BCUT2D eigenvalue weighted by atomic mass is 16.2. The summed E-state index contributed by atoms with van der Waals surface area (Å²) in [6.45, 7) is 0. The van der Waals surface area contributed by atoms with Gasteiger partial charge in [-0.05, 0) is 24.0 Å². The molecule has 5 heteroatoms. The molecule has 0 heterocycles. The predicted molar refractivity (Wildman–Crippen MR) is 67.4 cm³/mol. The van der Waals surface area contributed by atoms with Crippen LogP contribution in [0.5, 0.6) is 0 Å². The molecule has 2 atom stereocenters. The lowest BCUT2D eigenvalue weighted by molar-refractivity contribution is -0.126. The Hall–Kier alpha value is -1.88. The zero-order valence-electron chi connectivity index (χ0n) is 10.1. The van der Waals surface area contributed by atoms with Crippen molar-refractivity contribution >= 4 is 11.8 Å². The van der Waals surface area contributed by atoms with Crippen LogP contribution < -0.4 is 16.8 Å². The molecule has 0 bridgehead atoms. The molecule has 0 radical (unpaired) electrons. The van der Waals surface area contributed by atoms with Crippen molar-refractivity contribution in [3.8, 4) is 0 Å². The van der Waals surface area contributed by atoms with Gasteiger partial charge >= 0.3 is 0 Å². The van der Waals surface area contributed by atoms with Crippen molar-refractivity contribution in [2.45, 2.75) is 31.3 Å². The highest BCUT2D eigenvalue weighted by Crippen LogP contribution is 2.30. The molecule has 0 aliphatic heterocycles. The molecule has 0 fully saturated rings. The van der Waals surface area contributed by atoms with Gasteiger partial charge in [0.2, 0.25) is 11.8 Å². The number of amides is 2. The summed E-state index contributed by atoms with van der Waals surface area (Å²) in [5, 5.41) is 2.87. The fraction of sp³-hybridized carbons (Fsp3) is 0.385. The van der Waals surface area contributed by atoms with E-state index in [1.54, 1.807) is 0 Å². The molecule has 5 nitrogen and oxygen atoms in total. The van der Waals surface area contributed by atoms with Crippen molar-refractivity contribution in [3.05, 3.63) is 35.4 Å². The number of nitrogens with one attached hydrogen (secondary N) is 1. The summed E-state index contributed by atoms with van der Waals surface area (Å²) in [4.78, 5) is 22.5. The quantitative estimate of drug-likeness (QED) is 0.698. The number of hydrogen-bond donors (Lipinski definition) is 3. The molecule has 0 spiro atoms. The first-order valence-electron chi connectivity index (χ1n) is 6.00. The molecular formula is C13H17N3O2. The van der Waals surface area contributed by atoms with E-state index in [1.165, 1.54) is 5.56 Å². The van der Waals surface area contributed by atoms with Crippen molar-refractivity contribution in [3.63, 3.8) is 0 Å². The van der Waals surface area contributed by atoms with Crippen LogP contribution in [-0.4, -0.2) is 17.9 Å². The molecule has 1 aliphatic rings. The Morgan fingerprint density at radius 1 is 1.39 bits per heavy atom. The lowest BCUT2D eigenvalue weighted by Crippen LogP contribution is -2.43. The average Bonchev–Trinajstić information content (AvgIpc) is 2.72. The summed E-state index contributed by atoms with van der Waals surface area (Å²) in [5.74, 6) is -0.889. The minimum Gasteiger partial charge on any atom is -0.370 e. The summed E-state index contributed by atoms with van der Waals surface area (Å²) >= 11 is 0. The normalized spacial score (nSPS) is 19.1. The predicted octanol–water partition coefficient (Wildman–Crippen LogP) is -0.00720. The van der Waals surface area contributed by atoms with Gasteiger partial charge in [-0.25, -0.2) is 0 Å². The first-order chi connectivity index (χ1) is 8.58. The molecule has 0 aromatic heterocycles. The lowest BCUT2D eigenvalue weighted by atomic mass is 10.1. The second kappa shape index (κ2) is 5.18. The summed E-state index contributed by atoms with van der Waals surface area (Å²) in [6.07, 6.45) is 1.70. The fourth-order valence-corrected chi connectivity index (χ4v) is 2.30. The Labute approximate surface area is 106 Å². The molecule has 2 amide bonds. The Kier molecular flexibility index (Phi) is 3.62. The van der Waals surface area contributed by atoms with Crippen LogP contribution in [0.1, 0.15) is 30.0 Å². The van der Waals surface area contributed by atoms with E-state index in [0.717, 1.165) is 18.4 Å². The Morgan fingerprint density at radius 2 is 2.11 bits per heavy atom. The van der Waals surface area contributed by atoms with Gasteiger partial charge in [0.1, 0.15) is 0 Å². The van der Waals surface area contributed by atoms with Crippen molar-refractivity contribution in [2.75, 3.05) is 0 Å². The van der Waals surface area contributed by atoms with Gasteiger partial charge in [-0.1, -0.05) is 24.3 Å². The maximum absolute atomic E-state index is 11.8. The van der Waals surface area contributed by atoms with E-state index < -0.39 is 11.9 Å². The molecular weight excluding hydrogens is 230 g/mol. The number of nitrogens with two attached hydrogens (primary N) is 2. The molecule has 1 aliphatic carbocycles. The highest BCUT2D eigenvalue weighted by molar-refractivity contribution is 5.87. The van der Waals surface area contributed by atoms with Crippen molar-refractivity contribution in [2.24, 2.45) is 11.5 Å². The van der Waals surface area contributed by atoms with Crippen LogP contribution in [0.4, 0.5) is 0 Å². The highest BCUT2D eigenvalue weighted by Gasteiger charge is 2.25. The molecule has 18 heavy (non-hydrogen) atoms. The summed E-state index contributed by atoms with van der Waals surface area (Å²) < 4.78 is 0. The zero-order chi connectivity index (χ0) is 13.1. The Morgan fingerprint density at radius 3 is 2.83 bits per heavy atom. The van der Waals surface area contributed by atoms with Gasteiger partial charge in [-0.3, -0.25) is 9.59 Å². The van der Waals surface area contributed by atoms with Gasteiger partial charge in [-0.15, -0.1) is 0 Å². The first-order valence-corrected chi connectivity index (χ1v) is 6.00. The molecule has 1 aromatic rings. The summed E-state index contributed by atoms with van der Waals surface area (Å²) in [6, 6.07) is 7.13. The molecule has 0 saturated carbocycles. The van der Waals surface area contributed by atoms with Gasteiger partial charge in [-0.2, -0.15) is 0 Å². The van der Waals surface area contributed by atoms with Gasteiger partial charge in [0.25, 0.3) is 0 Å². The van der Waals surface area contributed by atoms with E-state index in [4.69, 9.17) is 11.5 Å². The number of benzene rings is 1. The van der Waals surface area contributed by atoms with Crippen molar-refractivity contribution < 1.29 is 9.59 Å². The molecule has 0 saturated heterocycles. The van der Waals surface area contributed by atoms with Gasteiger partial charge < -0.3 is 16.8 Å². The van der Waals surface area contributed by atoms with E-state index in [0.29, 0.717) is 0 Å². The maximum Gasteiger partial charge on any atom is 0.237 e. The SMILES string of the molecule is NC(=O)CC(N)C(=O)NC1CCc2ccccc21. The third-order valence-electron chi connectivity index (χ3n) is 3.21. The van der Waals surface area contributed by atoms with E-state index in [2.05, 4.69) is 11.4 Å². The maximum atomic E-state index is 11.8. The molecule has 5 N–H and O–H groups in total. The lowest BCUT2D eigenvalue weighted by Gasteiger charge is -2.17. The number of carbonyl (C=O) groups is 2. The summed E-state index contributed by atoms with van der Waals surface area (Å²) in [7, 11) is 0. The molecule has 1 aromatic carbocycles. The molecule has 2 rings (SSSR count). The minimum absolute atomic E-state index is 0.00683. The van der Waals surface area contributed by atoms with Crippen LogP contribution in [0.3, 0.4) is 0 Å². The largest absolute Gasteiger partial charge is 0.370 e. The molecule has 96 valence electrons. The van der Waals surface area contributed by atoms with E-state index >= 15 is 0 Å². The Balaban J connectivity index is 1.99. The number of aryl methyl sites for hydroxylation is 1. The van der Waals surface area contributed by atoms with Crippen LogP contribution in [0.25, 0.3) is 0 Å². The third kappa shape index (κ3) is 2.68. The van der Waals surface area contributed by atoms with E-state index in [-0.39, 0.29) is 18.4 Å². The standard InChI is InChI=1S/C13H17N3O2/c14-10(7-12(15)17)13(18)16-11-6-5-8-3-1-2-4-9(8)11/h1-4,10-11H,5-7,14H2,(H2,15,17)(H,16,18). The monoisotopic (exact) mass is 247 g/mol. The van der Waals surface area contributed by atoms with Crippen LogP contribution in [0.2, 0.25) is 0 Å². The van der Waals surface area contributed by atoms with Crippen LogP contribution >= 0.6 is 0 Å². The van der Waals surface area contributed by atoms with E-state index in [9.17, 15) is 9.59 Å². The second-order valence-electron chi connectivity index (χ2n) is 4.58. The zero-order valence-corrected chi connectivity index (χ0v) is 10.1. The minimum atomic E-state index is -0.865. The van der Waals surface area contributed by atoms with E-state index in [1.807, 2.05) is 18.2 Å². The average molecular weight is 247 g/mol. The van der Waals surface area contributed by atoms with Crippen LogP contribution in [0, 0.1) is 0 Å². The first kappa shape index (κ1) is 12.6. The number of primary amides is 1. The van der Waals surface area contributed by atoms with Crippen LogP contribution in [0.15, 0.2) is 24.3 Å². The number of hydrogen-bond acceptors (Lipinski definition) is 3. The number of carbonyl (C=O) groups excluding carboxylic acids is 2. The summed E-state index contributed by atoms with van der Waals surface area (Å²) in [5.41, 5.74) is 13.0. The van der Waals surface area contributed by atoms with Gasteiger partial charge in [0, 0.05) is 0 Å². The van der Waals surface area contributed by atoms with Crippen LogP contribution in [-0.2, 0) is 16.0 Å². The van der Waals surface area contributed by atoms with Gasteiger partial charge in [0.05, 0.1) is 18.5 Å². The number of fused-ring (bicyclic) bond motifs is 1. The number of rotatable bonds is 4. The smallest absolute Gasteiger partial charge is 0.237 e.